The average molecular weight is 416 g/mol. The molecule has 1 fully saturated rings. The first-order chi connectivity index (χ1) is 13.7. The summed E-state index contributed by atoms with van der Waals surface area (Å²) in [5, 5.41) is 7.05. The molecule has 0 aliphatic carbocycles. The quantitative estimate of drug-likeness (QED) is 0.513. The van der Waals surface area contributed by atoms with E-state index in [9.17, 15) is 0 Å². The van der Waals surface area contributed by atoms with Crippen LogP contribution in [-0.4, -0.2) is 19.3 Å². The smallest absolute Gasteiger partial charge is 0.124 e. The summed E-state index contributed by atoms with van der Waals surface area (Å²) in [6, 6.07) is 18.1. The molecule has 0 spiro atoms. The van der Waals surface area contributed by atoms with Crippen LogP contribution in [0.25, 0.3) is 10.8 Å². The molecule has 0 bridgehead atoms. The maximum absolute atomic E-state index is 6.18. The van der Waals surface area contributed by atoms with Crippen LogP contribution in [0.2, 0.25) is 10.0 Å². The first kappa shape index (κ1) is 19.5. The summed E-state index contributed by atoms with van der Waals surface area (Å²) in [6.07, 6.45) is 2.59. The molecule has 0 saturated carbocycles. The SMILES string of the molecule is Clc1ccc(COc2ccc3ccccc3c2CNC[C@@H]2CCCO2)cc1Cl. The van der Waals surface area contributed by atoms with Crippen LogP contribution in [0.15, 0.2) is 54.6 Å². The van der Waals surface area contributed by atoms with Crippen LogP contribution < -0.4 is 10.1 Å². The number of nitrogens with one attached hydrogen (secondary N) is 1. The highest BCUT2D eigenvalue weighted by atomic mass is 35.5. The van der Waals surface area contributed by atoms with Crippen molar-refractivity contribution in [3.05, 3.63) is 75.8 Å². The Morgan fingerprint density at radius 1 is 1.04 bits per heavy atom. The van der Waals surface area contributed by atoms with Gasteiger partial charge in [0.05, 0.1) is 16.1 Å². The largest absolute Gasteiger partial charge is 0.489 e. The molecule has 3 aromatic carbocycles. The lowest BCUT2D eigenvalue weighted by Gasteiger charge is -2.17. The third-order valence-electron chi connectivity index (χ3n) is 5.07. The summed E-state index contributed by atoms with van der Waals surface area (Å²) in [7, 11) is 0. The van der Waals surface area contributed by atoms with Crippen LogP contribution in [0.5, 0.6) is 5.75 Å². The zero-order valence-corrected chi connectivity index (χ0v) is 17.1. The van der Waals surface area contributed by atoms with E-state index in [1.807, 2.05) is 18.2 Å². The maximum atomic E-state index is 6.18. The molecule has 1 aliphatic rings. The van der Waals surface area contributed by atoms with E-state index in [4.69, 9.17) is 32.7 Å². The number of hydrogen-bond acceptors (Lipinski definition) is 3. The minimum atomic E-state index is 0.315. The Kier molecular flexibility index (Phi) is 6.38. The fraction of sp³-hybridized carbons (Fsp3) is 0.304. The number of hydrogen-bond donors (Lipinski definition) is 1. The predicted molar refractivity (Wildman–Crippen MR) is 115 cm³/mol. The van der Waals surface area contributed by atoms with Crippen LogP contribution >= 0.6 is 23.2 Å². The molecule has 0 radical (unpaired) electrons. The van der Waals surface area contributed by atoms with Crippen molar-refractivity contribution < 1.29 is 9.47 Å². The first-order valence-corrected chi connectivity index (χ1v) is 10.4. The second-order valence-electron chi connectivity index (χ2n) is 7.07. The molecule has 1 saturated heterocycles. The highest BCUT2D eigenvalue weighted by molar-refractivity contribution is 6.42. The van der Waals surface area contributed by atoms with Crippen molar-refractivity contribution >= 4 is 34.0 Å². The third kappa shape index (κ3) is 4.61. The fourth-order valence-electron chi connectivity index (χ4n) is 3.59. The van der Waals surface area contributed by atoms with E-state index in [2.05, 4.69) is 35.6 Å². The number of fused-ring (bicyclic) bond motifs is 1. The van der Waals surface area contributed by atoms with Crippen LogP contribution in [0.1, 0.15) is 24.0 Å². The van der Waals surface area contributed by atoms with Crippen molar-refractivity contribution in [1.29, 1.82) is 0 Å². The topological polar surface area (TPSA) is 30.5 Å². The van der Waals surface area contributed by atoms with Crippen LogP contribution in [0.4, 0.5) is 0 Å². The van der Waals surface area contributed by atoms with Crippen molar-refractivity contribution in [1.82, 2.24) is 5.32 Å². The van der Waals surface area contributed by atoms with Crippen molar-refractivity contribution in [2.24, 2.45) is 0 Å². The molecule has 146 valence electrons. The van der Waals surface area contributed by atoms with E-state index in [1.165, 1.54) is 10.8 Å². The van der Waals surface area contributed by atoms with Gasteiger partial charge in [0.1, 0.15) is 12.4 Å². The molecule has 0 amide bonds. The summed E-state index contributed by atoms with van der Waals surface area (Å²) in [4.78, 5) is 0. The van der Waals surface area contributed by atoms with E-state index >= 15 is 0 Å². The van der Waals surface area contributed by atoms with E-state index in [0.717, 1.165) is 49.4 Å². The Morgan fingerprint density at radius 3 is 2.75 bits per heavy atom. The van der Waals surface area contributed by atoms with E-state index < -0.39 is 0 Å². The second-order valence-corrected chi connectivity index (χ2v) is 7.88. The number of ether oxygens (including phenoxy) is 2. The van der Waals surface area contributed by atoms with Gasteiger partial charge in [-0.3, -0.25) is 0 Å². The van der Waals surface area contributed by atoms with Gasteiger partial charge < -0.3 is 14.8 Å². The van der Waals surface area contributed by atoms with Gasteiger partial charge in [-0.15, -0.1) is 0 Å². The van der Waals surface area contributed by atoms with Gasteiger partial charge in [-0.05, 0) is 47.4 Å². The lowest BCUT2D eigenvalue weighted by molar-refractivity contribution is 0.110. The lowest BCUT2D eigenvalue weighted by Crippen LogP contribution is -2.26. The summed E-state index contributed by atoms with van der Waals surface area (Å²) in [5.41, 5.74) is 2.15. The molecule has 1 aliphatic heterocycles. The van der Waals surface area contributed by atoms with Gasteiger partial charge in [-0.25, -0.2) is 0 Å². The normalized spacial score (nSPS) is 16.6. The summed E-state index contributed by atoms with van der Waals surface area (Å²) < 4.78 is 11.9. The maximum Gasteiger partial charge on any atom is 0.124 e. The Hall–Kier alpha value is -1.78. The Labute approximate surface area is 175 Å². The standard InChI is InChI=1S/C23H23Cl2NO2/c24-21-9-7-16(12-22(21)25)15-28-23-10-8-17-4-1-2-6-19(17)20(23)14-26-13-18-5-3-11-27-18/h1-2,4,6-10,12,18,26H,3,5,11,13-15H2/t18-/m0/s1. The summed E-state index contributed by atoms with van der Waals surface area (Å²) in [6.45, 7) is 2.90. The van der Waals surface area contributed by atoms with Crippen LogP contribution in [0, 0.1) is 0 Å². The second kappa shape index (κ2) is 9.15. The van der Waals surface area contributed by atoms with Gasteiger partial charge in [0.2, 0.25) is 0 Å². The molecule has 3 nitrogen and oxygen atoms in total. The van der Waals surface area contributed by atoms with Gasteiger partial charge >= 0.3 is 0 Å². The molecule has 1 heterocycles. The first-order valence-electron chi connectivity index (χ1n) is 9.60. The minimum absolute atomic E-state index is 0.315. The highest BCUT2D eigenvalue weighted by Crippen LogP contribution is 2.30. The van der Waals surface area contributed by atoms with Gasteiger partial charge in [0, 0.05) is 25.3 Å². The number of halogens is 2. The van der Waals surface area contributed by atoms with Crippen molar-refractivity contribution in [2.75, 3.05) is 13.2 Å². The van der Waals surface area contributed by atoms with Crippen molar-refractivity contribution in [3.8, 4) is 5.75 Å². The number of rotatable bonds is 7. The molecule has 1 atom stereocenters. The monoisotopic (exact) mass is 415 g/mol. The molecular weight excluding hydrogens is 393 g/mol. The highest BCUT2D eigenvalue weighted by Gasteiger charge is 2.16. The zero-order chi connectivity index (χ0) is 19.3. The Morgan fingerprint density at radius 2 is 1.93 bits per heavy atom. The minimum Gasteiger partial charge on any atom is -0.489 e. The molecule has 0 aromatic heterocycles. The number of benzene rings is 3. The zero-order valence-electron chi connectivity index (χ0n) is 15.6. The Balaban J connectivity index is 1.52. The van der Waals surface area contributed by atoms with E-state index in [0.29, 0.717) is 22.8 Å². The summed E-state index contributed by atoms with van der Waals surface area (Å²) in [5.74, 6) is 0.879. The van der Waals surface area contributed by atoms with Gasteiger partial charge in [-0.2, -0.15) is 0 Å². The van der Waals surface area contributed by atoms with Crippen LogP contribution in [0.3, 0.4) is 0 Å². The lowest BCUT2D eigenvalue weighted by atomic mass is 10.0. The predicted octanol–water partition coefficient (Wildman–Crippen LogP) is 5.99. The average Bonchev–Trinajstić information content (AvgIpc) is 3.23. The van der Waals surface area contributed by atoms with Gasteiger partial charge in [0.15, 0.2) is 0 Å². The molecule has 4 rings (SSSR count). The van der Waals surface area contributed by atoms with Gasteiger partial charge in [0.25, 0.3) is 0 Å². The summed E-state index contributed by atoms with van der Waals surface area (Å²) >= 11 is 12.1. The molecule has 1 N–H and O–H groups in total. The van der Waals surface area contributed by atoms with Crippen molar-refractivity contribution in [3.63, 3.8) is 0 Å². The van der Waals surface area contributed by atoms with E-state index in [-0.39, 0.29) is 0 Å². The van der Waals surface area contributed by atoms with E-state index in [1.54, 1.807) is 6.07 Å². The van der Waals surface area contributed by atoms with Crippen LogP contribution in [-0.2, 0) is 17.9 Å². The Bertz CT molecular complexity index is 954. The van der Waals surface area contributed by atoms with Gasteiger partial charge in [-0.1, -0.05) is 59.6 Å². The van der Waals surface area contributed by atoms with Crippen molar-refractivity contribution in [2.45, 2.75) is 32.1 Å². The third-order valence-corrected chi connectivity index (χ3v) is 5.81. The molecule has 5 heteroatoms. The molecule has 28 heavy (non-hydrogen) atoms. The molecule has 0 unspecified atom stereocenters. The molecular formula is C23H23Cl2NO2. The fourth-order valence-corrected chi connectivity index (χ4v) is 3.91. The molecule has 3 aromatic rings.